The molecule has 2 amide bonds. The summed E-state index contributed by atoms with van der Waals surface area (Å²) in [4.78, 5) is 26.0. The fourth-order valence-electron chi connectivity index (χ4n) is 7.47. The summed E-state index contributed by atoms with van der Waals surface area (Å²) >= 11 is 0. The molecule has 6 rings (SSSR count). The maximum atomic E-state index is 13.1. The molecule has 3 aromatic carbocycles. The molecule has 0 radical (unpaired) electrons. The first-order valence-electron chi connectivity index (χ1n) is 17.6. The van der Waals surface area contributed by atoms with Gasteiger partial charge in [-0.2, -0.15) is 0 Å². The van der Waals surface area contributed by atoms with Gasteiger partial charge in [-0.15, -0.1) is 0 Å². The second-order valence-corrected chi connectivity index (χ2v) is 14.6. The predicted octanol–water partition coefficient (Wildman–Crippen LogP) is 4.67. The van der Waals surface area contributed by atoms with E-state index >= 15 is 0 Å². The van der Waals surface area contributed by atoms with Crippen molar-refractivity contribution < 1.29 is 24.7 Å². The van der Waals surface area contributed by atoms with Crippen molar-refractivity contribution in [1.82, 2.24) is 16.0 Å². The van der Waals surface area contributed by atoms with Crippen molar-refractivity contribution in [3.05, 3.63) is 112 Å². The molecule has 5 atom stereocenters. The molecule has 1 heterocycles. The molecule has 3 aromatic rings. The molecule has 0 saturated carbocycles. The van der Waals surface area contributed by atoms with Crippen molar-refractivity contribution in [3.63, 3.8) is 0 Å². The summed E-state index contributed by atoms with van der Waals surface area (Å²) in [5, 5.41) is 23.1. The molecule has 0 fully saturated rings. The molecule has 0 saturated heterocycles. The van der Waals surface area contributed by atoms with Gasteiger partial charge in [0.25, 0.3) is 5.91 Å². The van der Waals surface area contributed by atoms with Gasteiger partial charge >= 0.3 is 6.09 Å². The van der Waals surface area contributed by atoms with Gasteiger partial charge in [-0.05, 0) is 105 Å². The molecule has 3 aliphatic rings. The van der Waals surface area contributed by atoms with E-state index in [1.54, 1.807) is 0 Å². The number of nitrogens with two attached hydrogens (primary N) is 1. The first kappa shape index (κ1) is 33.9. The van der Waals surface area contributed by atoms with Gasteiger partial charge in [0.15, 0.2) is 6.04 Å². The second-order valence-electron chi connectivity index (χ2n) is 14.6. The Bertz CT molecular complexity index is 1610. The number of carbonyl (C=O) groups is 2. The number of hydrogen-bond acceptors (Lipinski definition) is 5. The summed E-state index contributed by atoms with van der Waals surface area (Å²) in [7, 11) is 0. The van der Waals surface area contributed by atoms with E-state index in [1.165, 1.54) is 22.3 Å². The third kappa shape index (κ3) is 8.53. The fourth-order valence-corrected chi connectivity index (χ4v) is 7.47. The molecule has 254 valence electrons. The summed E-state index contributed by atoms with van der Waals surface area (Å²) in [6.45, 7) is 6.88. The highest BCUT2D eigenvalue weighted by molar-refractivity contribution is 5.86. The molecular formula is C40H51N4O4+. The van der Waals surface area contributed by atoms with Crippen LogP contribution in [-0.2, 0) is 28.8 Å². The van der Waals surface area contributed by atoms with Crippen molar-refractivity contribution >= 4 is 17.6 Å². The molecule has 4 unspecified atom stereocenters. The molecule has 6 N–H and O–H groups in total. The highest BCUT2D eigenvalue weighted by Gasteiger charge is 2.30. The number of carbonyl (C=O) groups excluding carboxylic acids is 2. The average Bonchev–Trinajstić information content (AvgIpc) is 3.57. The van der Waals surface area contributed by atoms with Crippen LogP contribution in [0.3, 0.4) is 0 Å². The summed E-state index contributed by atoms with van der Waals surface area (Å²) in [6, 6.07) is 24.3. The number of benzene rings is 3. The number of hydrogen-bond donors (Lipinski definition) is 5. The van der Waals surface area contributed by atoms with E-state index in [9.17, 15) is 14.7 Å². The molecule has 0 bridgehead atoms. The number of aliphatic hydroxyl groups is 1. The highest BCUT2D eigenvalue weighted by Crippen LogP contribution is 2.32. The minimum absolute atomic E-state index is 0.00411. The molecule has 1 aliphatic heterocycles. The standard InChI is InChI=1S/C40H50N4O4/c1-40(2,3)48-39(47)44-36(38(46)43-34-17-9-13-29-11-5-7-16-33(29)34)22-26-18-20-27(21-19-26)31-23-35(41-25-31)37(45)42-24-30-14-8-12-28-10-4-6-15-32(28)30/h4-7,10-11,15-16,18-21,23,30,34-36,38,41,43,46H,8-9,12-14,17,22,24-25H2,1-3H3,(H,42,45)(H,44,47)/p+1/t30?,34?,35-,36?,38?/m0/s1. The van der Waals surface area contributed by atoms with E-state index in [-0.39, 0.29) is 18.0 Å². The summed E-state index contributed by atoms with van der Waals surface area (Å²) in [5.41, 5.74) is 7.82. The first-order valence-corrected chi connectivity index (χ1v) is 17.6. The first-order chi connectivity index (χ1) is 23.1. The van der Waals surface area contributed by atoms with Crippen LogP contribution in [0, 0.1) is 0 Å². The van der Waals surface area contributed by atoms with E-state index in [0.717, 1.165) is 61.8 Å². The van der Waals surface area contributed by atoms with Gasteiger partial charge in [0.05, 0.1) is 6.04 Å². The zero-order valence-electron chi connectivity index (χ0n) is 28.5. The van der Waals surface area contributed by atoms with Crippen LogP contribution >= 0.6 is 0 Å². The predicted molar refractivity (Wildman–Crippen MR) is 188 cm³/mol. The van der Waals surface area contributed by atoms with Gasteiger partial charge < -0.3 is 25.8 Å². The molecule has 8 heteroatoms. The van der Waals surface area contributed by atoms with Crippen LogP contribution in [0.25, 0.3) is 5.57 Å². The number of nitrogens with one attached hydrogen (secondary N) is 3. The summed E-state index contributed by atoms with van der Waals surface area (Å²) in [6.07, 6.45) is 7.33. The van der Waals surface area contributed by atoms with Gasteiger partial charge in [0.1, 0.15) is 18.4 Å². The van der Waals surface area contributed by atoms with Gasteiger partial charge in [-0.1, -0.05) is 72.8 Å². The maximum absolute atomic E-state index is 13.1. The van der Waals surface area contributed by atoms with Gasteiger partial charge in [0, 0.05) is 24.1 Å². The number of alkyl carbamates (subject to hydrolysis) is 1. The van der Waals surface area contributed by atoms with Crippen LogP contribution in [0.1, 0.15) is 91.8 Å². The lowest BCUT2D eigenvalue weighted by Gasteiger charge is -2.33. The Morgan fingerprint density at radius 2 is 1.58 bits per heavy atom. The maximum Gasteiger partial charge on any atom is 0.408 e. The van der Waals surface area contributed by atoms with Crippen molar-refractivity contribution in [2.24, 2.45) is 0 Å². The zero-order valence-corrected chi connectivity index (χ0v) is 28.5. The summed E-state index contributed by atoms with van der Waals surface area (Å²) < 4.78 is 5.55. The van der Waals surface area contributed by atoms with E-state index in [1.807, 2.05) is 39.0 Å². The lowest BCUT2D eigenvalue weighted by Crippen LogP contribution is -2.90. The third-order valence-electron chi connectivity index (χ3n) is 9.90. The SMILES string of the molecule is CC(C)(C)OC(=O)NC(Cc1ccc(C2=C[C@@H](C(=O)NCC3CCCc4ccccc43)[NH2+]C2)cc1)C(O)NC1CCCc2ccccc21. The molecule has 0 spiro atoms. The van der Waals surface area contributed by atoms with E-state index in [2.05, 4.69) is 81.9 Å². The monoisotopic (exact) mass is 651 g/mol. The van der Waals surface area contributed by atoms with Crippen LogP contribution in [0.5, 0.6) is 0 Å². The number of ether oxygens (including phenoxy) is 1. The van der Waals surface area contributed by atoms with Crippen molar-refractivity contribution in [3.8, 4) is 0 Å². The molecule has 2 aliphatic carbocycles. The lowest BCUT2D eigenvalue weighted by molar-refractivity contribution is -0.649. The molecule has 8 nitrogen and oxygen atoms in total. The Kier molecular flexibility index (Phi) is 10.6. The summed E-state index contributed by atoms with van der Waals surface area (Å²) in [5.74, 6) is 0.430. The minimum atomic E-state index is -0.984. The minimum Gasteiger partial charge on any atom is -0.444 e. The Morgan fingerprint density at radius 3 is 2.31 bits per heavy atom. The van der Waals surface area contributed by atoms with Gasteiger partial charge in [0.2, 0.25) is 0 Å². The Balaban J connectivity index is 1.08. The largest absolute Gasteiger partial charge is 0.444 e. The number of amides is 2. The fraction of sp³-hybridized carbons (Fsp3) is 0.450. The van der Waals surface area contributed by atoms with Crippen LogP contribution in [0.4, 0.5) is 4.79 Å². The normalized spacial score (nSPS) is 21.7. The van der Waals surface area contributed by atoms with Crippen molar-refractivity contribution in [2.45, 2.75) is 102 Å². The van der Waals surface area contributed by atoms with Crippen molar-refractivity contribution in [2.75, 3.05) is 13.1 Å². The Labute approximate surface area is 284 Å². The number of aliphatic hydroxyl groups excluding tert-OH is 1. The number of quaternary nitrogens is 1. The zero-order chi connectivity index (χ0) is 33.7. The molecule has 0 aromatic heterocycles. The van der Waals surface area contributed by atoms with E-state index in [0.29, 0.717) is 18.9 Å². The third-order valence-corrected chi connectivity index (χ3v) is 9.90. The van der Waals surface area contributed by atoms with Crippen molar-refractivity contribution in [1.29, 1.82) is 0 Å². The molecular weight excluding hydrogens is 600 g/mol. The van der Waals surface area contributed by atoms with E-state index in [4.69, 9.17) is 4.74 Å². The number of rotatable bonds is 10. The van der Waals surface area contributed by atoms with Crippen LogP contribution in [0.2, 0.25) is 0 Å². The van der Waals surface area contributed by atoms with Gasteiger partial charge in [-0.3, -0.25) is 10.1 Å². The highest BCUT2D eigenvalue weighted by atomic mass is 16.6. The Hall–Kier alpha value is -3.98. The number of fused-ring (bicyclic) bond motifs is 2. The Morgan fingerprint density at radius 1 is 0.917 bits per heavy atom. The lowest BCUT2D eigenvalue weighted by atomic mass is 9.83. The van der Waals surface area contributed by atoms with E-state index < -0.39 is 24.0 Å². The quantitative estimate of drug-likeness (QED) is 0.205. The topological polar surface area (TPSA) is 116 Å². The van der Waals surface area contributed by atoms with Crippen LogP contribution in [-0.4, -0.2) is 54.1 Å². The smallest absolute Gasteiger partial charge is 0.408 e. The average molecular weight is 652 g/mol. The van der Waals surface area contributed by atoms with Gasteiger partial charge in [-0.25, -0.2) is 4.79 Å². The van der Waals surface area contributed by atoms with Crippen LogP contribution in [0.15, 0.2) is 78.9 Å². The second kappa shape index (κ2) is 15.1. The van der Waals surface area contributed by atoms with Crippen LogP contribution < -0.4 is 21.3 Å². The number of aryl methyl sites for hydroxylation is 2. The molecule has 48 heavy (non-hydrogen) atoms.